The van der Waals surface area contributed by atoms with E-state index in [-0.39, 0.29) is 11.7 Å². The molecular formula is C36H51N7O2. The highest BCUT2D eigenvalue weighted by molar-refractivity contribution is 5.95. The molecule has 0 radical (unpaired) electrons. The molecule has 2 N–H and O–H groups in total. The molecule has 1 amide bonds. The zero-order valence-corrected chi connectivity index (χ0v) is 27.5. The molecule has 1 unspecified atom stereocenters. The lowest BCUT2D eigenvalue weighted by Crippen LogP contribution is -2.49. The van der Waals surface area contributed by atoms with Crippen molar-refractivity contribution in [2.75, 3.05) is 74.0 Å². The van der Waals surface area contributed by atoms with Crippen LogP contribution in [-0.2, 0) is 17.8 Å². The number of hydrogen-bond donors (Lipinski definition) is 2. The van der Waals surface area contributed by atoms with E-state index in [0.717, 1.165) is 92.5 Å². The number of amides is 1. The maximum absolute atomic E-state index is 12.2. The number of hydrogen-bond acceptors (Lipinski definition) is 8. The molecule has 45 heavy (non-hydrogen) atoms. The molecule has 1 fully saturated rings. The second-order valence-corrected chi connectivity index (χ2v) is 12.6. The highest BCUT2D eigenvalue weighted by Gasteiger charge is 2.28. The van der Waals surface area contributed by atoms with Gasteiger partial charge in [-0.1, -0.05) is 58.0 Å². The minimum Gasteiger partial charge on any atom is -0.508 e. The van der Waals surface area contributed by atoms with Gasteiger partial charge in [0.1, 0.15) is 11.6 Å². The molecule has 5 rings (SSSR count). The Hall–Kier alpha value is -3.85. The first-order chi connectivity index (χ1) is 21.9. The second kappa shape index (κ2) is 15.4. The summed E-state index contributed by atoms with van der Waals surface area (Å²) in [5.41, 5.74) is 3.23. The predicted molar refractivity (Wildman–Crippen MR) is 185 cm³/mol. The van der Waals surface area contributed by atoms with E-state index in [9.17, 15) is 9.90 Å². The second-order valence-electron chi connectivity index (χ2n) is 12.6. The number of piperazine rings is 1. The molecular weight excluding hydrogens is 562 g/mol. The van der Waals surface area contributed by atoms with E-state index in [1.54, 1.807) is 0 Å². The molecule has 2 aliphatic heterocycles. The number of fused-ring (bicyclic) bond motifs is 2. The summed E-state index contributed by atoms with van der Waals surface area (Å²) in [6.45, 7) is 18.9. The van der Waals surface area contributed by atoms with Gasteiger partial charge in [-0.15, -0.1) is 0 Å². The van der Waals surface area contributed by atoms with Crippen molar-refractivity contribution in [1.82, 2.24) is 19.8 Å². The third-order valence-electron chi connectivity index (χ3n) is 9.38. The topological polar surface area (TPSA) is 88.1 Å². The van der Waals surface area contributed by atoms with Crippen LogP contribution in [0.2, 0.25) is 0 Å². The largest absolute Gasteiger partial charge is 0.508 e. The summed E-state index contributed by atoms with van der Waals surface area (Å²) >= 11 is 0. The van der Waals surface area contributed by atoms with Gasteiger partial charge < -0.3 is 30.0 Å². The number of rotatable bonds is 14. The smallest absolute Gasteiger partial charge is 0.246 e. The van der Waals surface area contributed by atoms with Crippen molar-refractivity contribution in [3.8, 4) is 5.75 Å². The first-order valence-corrected chi connectivity index (χ1v) is 16.9. The minimum atomic E-state index is -0.0167. The maximum Gasteiger partial charge on any atom is 0.246 e. The van der Waals surface area contributed by atoms with Crippen LogP contribution in [0.1, 0.15) is 57.7 Å². The molecule has 242 valence electrons. The number of anilines is 3. The van der Waals surface area contributed by atoms with Gasteiger partial charge in [-0.05, 0) is 68.8 Å². The van der Waals surface area contributed by atoms with Crippen LogP contribution >= 0.6 is 0 Å². The van der Waals surface area contributed by atoms with Crippen molar-refractivity contribution in [2.45, 2.75) is 59.4 Å². The average molecular weight is 614 g/mol. The van der Waals surface area contributed by atoms with Crippen LogP contribution < -0.4 is 15.1 Å². The first kappa shape index (κ1) is 32.5. The van der Waals surface area contributed by atoms with Crippen LogP contribution in [0, 0.1) is 5.92 Å². The molecule has 1 atom stereocenters. The minimum absolute atomic E-state index is 0.0167. The fourth-order valence-electron chi connectivity index (χ4n) is 6.52. The predicted octanol–water partition coefficient (Wildman–Crippen LogP) is 5.68. The number of aromatic hydroxyl groups is 1. The Labute approximate surface area is 268 Å². The van der Waals surface area contributed by atoms with Crippen LogP contribution in [0.5, 0.6) is 5.75 Å². The fourth-order valence-corrected chi connectivity index (χ4v) is 6.52. The maximum atomic E-state index is 12.2. The summed E-state index contributed by atoms with van der Waals surface area (Å²) in [5.74, 6) is 2.66. The Bertz CT molecular complexity index is 1450. The third kappa shape index (κ3) is 8.06. The summed E-state index contributed by atoms with van der Waals surface area (Å²) < 4.78 is 0. The van der Waals surface area contributed by atoms with Crippen LogP contribution in [0.3, 0.4) is 0 Å². The first-order valence-electron chi connectivity index (χ1n) is 16.9. The molecule has 2 aromatic carbocycles. The zero-order chi connectivity index (χ0) is 31.8. The molecule has 0 aliphatic carbocycles. The lowest BCUT2D eigenvalue weighted by molar-refractivity contribution is -0.126. The summed E-state index contributed by atoms with van der Waals surface area (Å²) in [6, 6.07) is 11.9. The van der Waals surface area contributed by atoms with Crippen molar-refractivity contribution >= 4 is 34.1 Å². The van der Waals surface area contributed by atoms with E-state index in [1.165, 1.54) is 30.9 Å². The van der Waals surface area contributed by atoms with E-state index < -0.39 is 0 Å². The highest BCUT2D eigenvalue weighted by atomic mass is 16.3. The number of phenols is 1. The molecule has 0 bridgehead atoms. The Balaban J connectivity index is 1.35. The molecule has 1 saturated heterocycles. The third-order valence-corrected chi connectivity index (χ3v) is 9.38. The van der Waals surface area contributed by atoms with E-state index in [4.69, 9.17) is 9.97 Å². The van der Waals surface area contributed by atoms with Crippen LogP contribution in [0.15, 0.2) is 49.1 Å². The molecule has 1 aromatic heterocycles. The van der Waals surface area contributed by atoms with Crippen molar-refractivity contribution < 1.29 is 9.90 Å². The summed E-state index contributed by atoms with van der Waals surface area (Å²) in [5, 5.41) is 16.2. The van der Waals surface area contributed by atoms with E-state index >= 15 is 0 Å². The van der Waals surface area contributed by atoms with Gasteiger partial charge in [0.15, 0.2) is 0 Å². The monoisotopic (exact) mass is 613 g/mol. The van der Waals surface area contributed by atoms with Gasteiger partial charge in [0.05, 0.1) is 12.2 Å². The van der Waals surface area contributed by atoms with E-state index in [2.05, 4.69) is 53.4 Å². The summed E-state index contributed by atoms with van der Waals surface area (Å²) in [4.78, 5) is 31.5. The number of carbonyl (C=O) groups excluding carboxylic acids is 1. The molecule has 3 heterocycles. The van der Waals surface area contributed by atoms with Gasteiger partial charge in [-0.3, -0.25) is 4.79 Å². The normalized spacial score (nSPS) is 15.8. The van der Waals surface area contributed by atoms with Gasteiger partial charge in [0.25, 0.3) is 0 Å². The summed E-state index contributed by atoms with van der Waals surface area (Å²) in [7, 11) is 0. The van der Waals surface area contributed by atoms with Crippen LogP contribution in [0.4, 0.5) is 17.5 Å². The molecule has 0 saturated carbocycles. The number of phenolic OH excluding ortho intramolecular Hbond substituents is 1. The SMILES string of the molecule is C=CC(=O)N1CCN(c2nc(NCCCN(CCC)CCC(C)CC)nc3c2CCN(c2cc(O)cc4ccccc24)C3)CC1. The van der Waals surface area contributed by atoms with E-state index in [0.29, 0.717) is 25.6 Å². The van der Waals surface area contributed by atoms with Gasteiger partial charge in [0, 0.05) is 62.0 Å². The molecule has 3 aromatic rings. The lowest BCUT2D eigenvalue weighted by Gasteiger charge is -2.38. The van der Waals surface area contributed by atoms with Gasteiger partial charge in [0.2, 0.25) is 11.9 Å². The molecule has 2 aliphatic rings. The highest BCUT2D eigenvalue weighted by Crippen LogP contribution is 2.36. The molecule has 9 heteroatoms. The van der Waals surface area contributed by atoms with Crippen molar-refractivity contribution in [1.29, 1.82) is 0 Å². The van der Waals surface area contributed by atoms with Gasteiger partial charge >= 0.3 is 0 Å². The number of benzene rings is 2. The van der Waals surface area contributed by atoms with Gasteiger partial charge in [-0.2, -0.15) is 4.98 Å². The zero-order valence-electron chi connectivity index (χ0n) is 27.5. The Kier molecular flexibility index (Phi) is 11.2. The Morgan fingerprint density at radius 2 is 1.87 bits per heavy atom. The van der Waals surface area contributed by atoms with Crippen molar-refractivity contribution in [2.24, 2.45) is 5.92 Å². The quantitative estimate of drug-likeness (QED) is 0.177. The van der Waals surface area contributed by atoms with Crippen molar-refractivity contribution in [3.05, 3.63) is 60.3 Å². The van der Waals surface area contributed by atoms with Crippen LogP contribution in [0.25, 0.3) is 10.8 Å². The van der Waals surface area contributed by atoms with E-state index in [1.807, 2.05) is 35.2 Å². The number of nitrogens with one attached hydrogen (secondary N) is 1. The lowest BCUT2D eigenvalue weighted by atomic mass is 10.0. The summed E-state index contributed by atoms with van der Waals surface area (Å²) in [6.07, 6.45) is 6.89. The average Bonchev–Trinajstić information content (AvgIpc) is 3.07. The Morgan fingerprint density at radius 1 is 1.07 bits per heavy atom. The van der Waals surface area contributed by atoms with Gasteiger partial charge in [-0.25, -0.2) is 4.98 Å². The van der Waals surface area contributed by atoms with Crippen LogP contribution in [-0.4, -0.2) is 89.7 Å². The molecule has 9 nitrogen and oxygen atoms in total. The number of nitrogens with zero attached hydrogens (tertiary/aromatic N) is 6. The number of carbonyl (C=O) groups is 1. The Morgan fingerprint density at radius 3 is 2.62 bits per heavy atom. The van der Waals surface area contributed by atoms with Crippen molar-refractivity contribution in [3.63, 3.8) is 0 Å². The standard InChI is InChI=1S/C36H51N7O2/c1-5-16-40(18-13-27(4)6-2)17-10-15-37-36-38-32-26-43(33-25-29(44)24-28-11-8-9-12-30(28)33)19-14-31(32)35(39-36)42-22-20-41(21-23-42)34(45)7-3/h7-9,11-12,24-25,27,44H,3,5-6,10,13-23,26H2,1-2,4H3,(H,37,38,39). The number of aromatic nitrogens is 2. The molecule has 0 spiro atoms. The fraction of sp³-hybridized carbons (Fsp3) is 0.528.